The van der Waals surface area contributed by atoms with Crippen LogP contribution in [-0.4, -0.2) is 43.5 Å². The molecule has 3 unspecified atom stereocenters. The molecule has 3 atom stereocenters. The van der Waals surface area contributed by atoms with Crippen LogP contribution in [0, 0.1) is 29.1 Å². The average Bonchev–Trinajstić information content (AvgIpc) is 2.93. The van der Waals surface area contributed by atoms with Crippen molar-refractivity contribution in [2.75, 3.05) is 20.6 Å². The molecule has 43 heavy (non-hydrogen) atoms. The Kier molecular flexibility index (Phi) is 9.12. The number of nitrogens with zero attached hydrogens (tertiary/aromatic N) is 1. The van der Waals surface area contributed by atoms with Crippen molar-refractivity contribution in [2.45, 2.75) is 77.6 Å². The minimum Gasteiger partial charge on any atom is -0.422 e. The quantitative estimate of drug-likeness (QED) is 0.228. The fourth-order valence-electron chi connectivity index (χ4n) is 7.90. The van der Waals surface area contributed by atoms with Gasteiger partial charge in [-0.3, -0.25) is 9.59 Å². The van der Waals surface area contributed by atoms with Gasteiger partial charge in [0.15, 0.2) is 11.5 Å². The zero-order valence-electron chi connectivity index (χ0n) is 26.1. The van der Waals surface area contributed by atoms with Gasteiger partial charge in [-0.2, -0.15) is 0 Å². The number of carbonyl (C=O) groups excluding carboxylic acids is 3. The lowest BCUT2D eigenvalue weighted by atomic mass is 9.42. The molecule has 4 aliphatic rings. The molecule has 232 valence electrons. The van der Waals surface area contributed by atoms with Gasteiger partial charge in [0.2, 0.25) is 5.91 Å². The van der Waals surface area contributed by atoms with Gasteiger partial charge in [0.1, 0.15) is 0 Å². The third kappa shape index (κ3) is 6.87. The van der Waals surface area contributed by atoms with Crippen molar-refractivity contribution in [1.29, 1.82) is 0 Å². The van der Waals surface area contributed by atoms with E-state index in [1.165, 1.54) is 16.9 Å². The Morgan fingerprint density at radius 2 is 1.63 bits per heavy atom. The van der Waals surface area contributed by atoms with Gasteiger partial charge in [-0.25, -0.2) is 4.79 Å². The van der Waals surface area contributed by atoms with Crippen LogP contribution in [0.5, 0.6) is 11.5 Å². The van der Waals surface area contributed by atoms with Crippen LogP contribution >= 0.6 is 11.6 Å². The summed E-state index contributed by atoms with van der Waals surface area (Å²) in [6, 6.07) is 13.5. The minimum absolute atomic E-state index is 0.0533. The Morgan fingerprint density at radius 1 is 0.953 bits per heavy atom. The van der Waals surface area contributed by atoms with E-state index in [1.807, 2.05) is 25.1 Å². The first-order valence-corrected chi connectivity index (χ1v) is 16.0. The van der Waals surface area contributed by atoms with E-state index in [0.29, 0.717) is 30.7 Å². The molecule has 4 fully saturated rings. The predicted molar refractivity (Wildman–Crippen MR) is 167 cm³/mol. The SMILES string of the molecule is CC(C)C(C)CC(=O)Oc1cc(CCNC(=O)C23CC4CC(C2)CC(c2ccc(Cl)cc2)(C4)C3)ccc1OC(=O)N(C)C. The molecule has 2 aromatic carbocycles. The van der Waals surface area contributed by atoms with E-state index in [0.717, 1.165) is 42.7 Å². The largest absolute Gasteiger partial charge is 0.422 e. The number of benzene rings is 2. The molecule has 0 spiro atoms. The Bertz CT molecular complexity index is 1340. The number of ether oxygens (including phenoxy) is 2. The lowest BCUT2D eigenvalue weighted by Crippen LogP contribution is -2.59. The maximum atomic E-state index is 13.9. The van der Waals surface area contributed by atoms with Crippen LogP contribution in [0.4, 0.5) is 4.79 Å². The summed E-state index contributed by atoms with van der Waals surface area (Å²) < 4.78 is 11.2. The first-order chi connectivity index (χ1) is 20.4. The van der Waals surface area contributed by atoms with Crippen molar-refractivity contribution in [3.8, 4) is 11.5 Å². The molecular formula is C35H45ClN2O5. The number of hydrogen-bond donors (Lipinski definition) is 1. The highest BCUT2D eigenvalue weighted by Crippen LogP contribution is 2.65. The van der Waals surface area contributed by atoms with Crippen molar-refractivity contribution >= 4 is 29.6 Å². The number of nitrogens with one attached hydrogen (secondary N) is 1. The summed E-state index contributed by atoms with van der Waals surface area (Å²) in [5, 5.41) is 4.01. The Hall–Kier alpha value is -3.06. The third-order valence-electron chi connectivity index (χ3n) is 10.1. The molecule has 2 aromatic rings. The molecular weight excluding hydrogens is 564 g/mol. The van der Waals surface area contributed by atoms with Gasteiger partial charge in [0, 0.05) is 32.1 Å². The smallest absolute Gasteiger partial charge is 0.414 e. The highest BCUT2D eigenvalue weighted by molar-refractivity contribution is 6.30. The second-order valence-electron chi connectivity index (χ2n) is 14.0. The maximum Gasteiger partial charge on any atom is 0.414 e. The van der Waals surface area contributed by atoms with Crippen LogP contribution < -0.4 is 14.8 Å². The molecule has 0 aliphatic heterocycles. The van der Waals surface area contributed by atoms with Crippen LogP contribution in [0.2, 0.25) is 5.02 Å². The van der Waals surface area contributed by atoms with Crippen molar-refractivity contribution in [1.82, 2.24) is 10.2 Å². The molecule has 4 bridgehead atoms. The molecule has 4 aliphatic carbocycles. The fraction of sp³-hybridized carbons (Fsp3) is 0.571. The number of esters is 1. The minimum atomic E-state index is -0.556. The van der Waals surface area contributed by atoms with E-state index in [2.05, 4.69) is 31.3 Å². The summed E-state index contributed by atoms with van der Waals surface area (Å²) in [4.78, 5) is 40.2. The molecule has 0 heterocycles. The third-order valence-corrected chi connectivity index (χ3v) is 10.4. The molecule has 6 rings (SSSR count). The van der Waals surface area contributed by atoms with Crippen LogP contribution in [0.1, 0.15) is 76.8 Å². The number of rotatable bonds is 10. The zero-order valence-corrected chi connectivity index (χ0v) is 26.8. The highest BCUT2D eigenvalue weighted by Gasteiger charge is 2.60. The Labute approximate surface area is 260 Å². The number of hydrogen-bond acceptors (Lipinski definition) is 5. The first-order valence-electron chi connectivity index (χ1n) is 15.7. The molecule has 7 nitrogen and oxygen atoms in total. The van der Waals surface area contributed by atoms with Gasteiger partial charge in [0.25, 0.3) is 0 Å². The molecule has 8 heteroatoms. The molecule has 0 aromatic heterocycles. The predicted octanol–water partition coefficient (Wildman–Crippen LogP) is 7.18. The van der Waals surface area contributed by atoms with Gasteiger partial charge in [-0.1, -0.05) is 50.6 Å². The zero-order chi connectivity index (χ0) is 30.9. The first kappa shape index (κ1) is 31.4. The molecule has 4 saturated carbocycles. The van der Waals surface area contributed by atoms with Crippen molar-refractivity contribution in [3.63, 3.8) is 0 Å². The van der Waals surface area contributed by atoms with E-state index in [-0.39, 0.29) is 46.5 Å². The van der Waals surface area contributed by atoms with Crippen LogP contribution in [0.25, 0.3) is 0 Å². The summed E-state index contributed by atoms with van der Waals surface area (Å²) in [5.74, 6) is 1.84. The van der Waals surface area contributed by atoms with Crippen molar-refractivity contribution < 1.29 is 23.9 Å². The van der Waals surface area contributed by atoms with E-state index in [1.54, 1.807) is 26.2 Å². The van der Waals surface area contributed by atoms with E-state index >= 15 is 0 Å². The number of halogens is 1. The topological polar surface area (TPSA) is 84.9 Å². The normalized spacial score (nSPS) is 26.2. The standard InChI is InChI=1S/C35H45ClN2O5/c1-22(2)23(3)14-31(39)42-30-16-24(6-11-29(30)43-33(41)38(4)5)12-13-37-32(40)35-19-25-15-26(20-35)18-34(17-25,21-35)27-7-9-28(36)10-8-27/h6-11,16,22-23,25-26H,12-15,17-21H2,1-5H3,(H,37,40). The van der Waals surface area contributed by atoms with Crippen molar-refractivity contribution in [2.24, 2.45) is 29.1 Å². The fourth-order valence-corrected chi connectivity index (χ4v) is 8.02. The Morgan fingerprint density at radius 3 is 2.26 bits per heavy atom. The van der Waals surface area contributed by atoms with Crippen LogP contribution in [-0.2, 0) is 21.4 Å². The maximum absolute atomic E-state index is 13.9. The van der Waals surface area contributed by atoms with Gasteiger partial charge in [0.05, 0.1) is 5.41 Å². The molecule has 0 saturated heterocycles. The van der Waals surface area contributed by atoms with Gasteiger partial charge < -0.3 is 19.7 Å². The van der Waals surface area contributed by atoms with Crippen molar-refractivity contribution in [3.05, 3.63) is 58.6 Å². The monoisotopic (exact) mass is 608 g/mol. The summed E-state index contributed by atoms with van der Waals surface area (Å²) in [6.07, 6.45) is 6.63. The van der Waals surface area contributed by atoms with Gasteiger partial charge >= 0.3 is 12.1 Å². The molecule has 0 radical (unpaired) electrons. The average molecular weight is 609 g/mol. The Balaban J connectivity index is 1.26. The molecule has 1 N–H and O–H groups in total. The van der Waals surface area contributed by atoms with E-state index < -0.39 is 6.09 Å². The number of amides is 2. The van der Waals surface area contributed by atoms with Crippen LogP contribution in [0.3, 0.4) is 0 Å². The lowest BCUT2D eigenvalue weighted by Gasteiger charge is -2.61. The molecule has 2 amide bonds. The summed E-state index contributed by atoms with van der Waals surface area (Å²) in [5.41, 5.74) is 1.93. The summed E-state index contributed by atoms with van der Waals surface area (Å²) in [6.45, 7) is 6.62. The summed E-state index contributed by atoms with van der Waals surface area (Å²) in [7, 11) is 3.19. The highest BCUT2D eigenvalue weighted by atomic mass is 35.5. The van der Waals surface area contributed by atoms with E-state index in [9.17, 15) is 14.4 Å². The second kappa shape index (κ2) is 12.5. The summed E-state index contributed by atoms with van der Waals surface area (Å²) >= 11 is 6.20. The van der Waals surface area contributed by atoms with E-state index in [4.69, 9.17) is 21.1 Å². The van der Waals surface area contributed by atoms with Crippen LogP contribution in [0.15, 0.2) is 42.5 Å². The van der Waals surface area contributed by atoms with Gasteiger partial charge in [-0.15, -0.1) is 0 Å². The van der Waals surface area contributed by atoms with Gasteiger partial charge in [-0.05, 0) is 109 Å². The number of carbonyl (C=O) groups is 3. The lowest BCUT2D eigenvalue weighted by molar-refractivity contribution is -0.149. The second-order valence-corrected chi connectivity index (χ2v) is 14.4.